The van der Waals surface area contributed by atoms with Crippen LogP contribution in [0.1, 0.15) is 13.3 Å². The first-order valence-electron chi connectivity index (χ1n) is 4.26. The van der Waals surface area contributed by atoms with Gasteiger partial charge in [0.05, 0.1) is 0 Å². The molecule has 0 aromatic rings. The van der Waals surface area contributed by atoms with Gasteiger partial charge in [0.1, 0.15) is 0 Å². The lowest BCUT2D eigenvalue weighted by molar-refractivity contribution is 0.301. The van der Waals surface area contributed by atoms with Gasteiger partial charge in [-0.05, 0) is 25.9 Å². The minimum absolute atomic E-state index is 0.946. The lowest BCUT2D eigenvalue weighted by Crippen LogP contribution is -2.27. The molecule has 0 bridgehead atoms. The molecule has 0 aliphatic carbocycles. The van der Waals surface area contributed by atoms with E-state index in [0.717, 1.165) is 5.92 Å². The van der Waals surface area contributed by atoms with Gasteiger partial charge in [0.25, 0.3) is 0 Å². The van der Waals surface area contributed by atoms with Crippen molar-refractivity contribution < 1.29 is 0 Å². The maximum atomic E-state index is 2.46. The van der Waals surface area contributed by atoms with Crippen molar-refractivity contribution in [2.75, 3.05) is 31.6 Å². The molecule has 1 aliphatic heterocycles. The molecule has 0 spiro atoms. The van der Waals surface area contributed by atoms with E-state index in [4.69, 9.17) is 0 Å². The molecule has 0 atom stereocenters. The van der Waals surface area contributed by atoms with Gasteiger partial charge in [-0.2, -0.15) is 0 Å². The van der Waals surface area contributed by atoms with Crippen LogP contribution in [0.15, 0.2) is 0 Å². The number of hydrogen-bond acceptors (Lipinski definition) is 3. The van der Waals surface area contributed by atoms with Crippen molar-refractivity contribution in [1.82, 2.24) is 4.90 Å². The quantitative estimate of drug-likeness (QED) is 0.628. The summed E-state index contributed by atoms with van der Waals surface area (Å²) in [7, 11) is 6.30. The Morgan fingerprint density at radius 2 is 2.00 bits per heavy atom. The largest absolute Gasteiger partial charge is 0.306 e. The topological polar surface area (TPSA) is 3.24 Å². The minimum atomic E-state index is 0.946. The standard InChI is InChI=1S/C8H17NS2/c1-3-4-9(2)5-8-6-10-11-7-8/h8H,3-7H2,1-2H3. The van der Waals surface area contributed by atoms with Crippen LogP contribution in [0, 0.1) is 5.92 Å². The summed E-state index contributed by atoms with van der Waals surface area (Å²) in [4.78, 5) is 2.46. The van der Waals surface area contributed by atoms with Crippen LogP contribution in [0.5, 0.6) is 0 Å². The second-order valence-electron chi connectivity index (χ2n) is 3.20. The van der Waals surface area contributed by atoms with Crippen LogP contribution >= 0.6 is 21.6 Å². The predicted molar refractivity (Wildman–Crippen MR) is 56.2 cm³/mol. The highest BCUT2D eigenvalue weighted by Gasteiger charge is 2.17. The normalized spacial score (nSPS) is 19.9. The molecule has 1 rings (SSSR count). The molecule has 66 valence electrons. The molecule has 0 radical (unpaired) electrons. The summed E-state index contributed by atoms with van der Waals surface area (Å²) in [5, 5.41) is 0. The van der Waals surface area contributed by atoms with Gasteiger partial charge in [0.15, 0.2) is 0 Å². The SMILES string of the molecule is CCCN(C)CC1CSSC1. The lowest BCUT2D eigenvalue weighted by atomic mass is 10.2. The van der Waals surface area contributed by atoms with Crippen molar-refractivity contribution in [3.8, 4) is 0 Å². The third kappa shape index (κ3) is 3.72. The molecule has 1 aliphatic rings. The smallest absolute Gasteiger partial charge is 0.00857 e. The van der Waals surface area contributed by atoms with E-state index in [1.54, 1.807) is 0 Å². The summed E-state index contributed by atoms with van der Waals surface area (Å²) in [6.45, 7) is 4.80. The minimum Gasteiger partial charge on any atom is -0.306 e. The van der Waals surface area contributed by atoms with E-state index in [0.29, 0.717) is 0 Å². The molecule has 0 aromatic heterocycles. The van der Waals surface area contributed by atoms with Gasteiger partial charge in [-0.1, -0.05) is 28.5 Å². The summed E-state index contributed by atoms with van der Waals surface area (Å²) in [6, 6.07) is 0. The highest BCUT2D eigenvalue weighted by molar-refractivity contribution is 8.77. The van der Waals surface area contributed by atoms with Crippen molar-refractivity contribution in [3.05, 3.63) is 0 Å². The molecule has 1 fully saturated rings. The molecule has 0 saturated carbocycles. The molecule has 11 heavy (non-hydrogen) atoms. The Balaban J connectivity index is 2.08. The van der Waals surface area contributed by atoms with Crippen molar-refractivity contribution in [1.29, 1.82) is 0 Å². The fourth-order valence-corrected chi connectivity index (χ4v) is 4.26. The Hall–Kier alpha value is 0.660. The third-order valence-electron chi connectivity index (χ3n) is 1.87. The molecule has 3 heteroatoms. The fraction of sp³-hybridized carbons (Fsp3) is 1.00. The van der Waals surface area contributed by atoms with Gasteiger partial charge in [0.2, 0.25) is 0 Å². The predicted octanol–water partition coefficient (Wildman–Crippen LogP) is 2.34. The monoisotopic (exact) mass is 191 g/mol. The molecule has 0 N–H and O–H groups in total. The highest BCUT2D eigenvalue weighted by atomic mass is 33.1. The van der Waals surface area contributed by atoms with Crippen molar-refractivity contribution in [3.63, 3.8) is 0 Å². The summed E-state index contributed by atoms with van der Waals surface area (Å²) >= 11 is 0. The summed E-state index contributed by atoms with van der Waals surface area (Å²) < 4.78 is 0. The zero-order valence-corrected chi connectivity index (χ0v) is 9.01. The molecular formula is C8H17NS2. The Kier molecular flexibility index (Phi) is 4.72. The molecule has 1 nitrogen and oxygen atoms in total. The van der Waals surface area contributed by atoms with Crippen LogP contribution in [0.4, 0.5) is 0 Å². The lowest BCUT2D eigenvalue weighted by Gasteiger charge is -2.18. The zero-order chi connectivity index (χ0) is 8.10. The number of hydrogen-bond donors (Lipinski definition) is 0. The van der Waals surface area contributed by atoms with Crippen molar-refractivity contribution >= 4 is 21.6 Å². The first-order valence-corrected chi connectivity index (χ1v) is 6.74. The first kappa shape index (κ1) is 9.75. The Morgan fingerprint density at radius 3 is 2.55 bits per heavy atom. The van der Waals surface area contributed by atoms with Crippen LogP contribution in [-0.4, -0.2) is 36.5 Å². The average Bonchev–Trinajstić information content (AvgIpc) is 2.40. The van der Waals surface area contributed by atoms with Gasteiger partial charge in [-0.25, -0.2) is 0 Å². The van der Waals surface area contributed by atoms with Crippen molar-refractivity contribution in [2.24, 2.45) is 5.92 Å². The van der Waals surface area contributed by atoms with Gasteiger partial charge in [-0.15, -0.1) is 0 Å². The number of rotatable bonds is 4. The molecule has 0 unspecified atom stereocenters. The van der Waals surface area contributed by atoms with E-state index >= 15 is 0 Å². The van der Waals surface area contributed by atoms with Gasteiger partial charge >= 0.3 is 0 Å². The third-order valence-corrected chi connectivity index (χ3v) is 4.56. The van der Waals surface area contributed by atoms with Gasteiger partial charge in [-0.3, -0.25) is 0 Å². The Bertz CT molecular complexity index is 102. The van der Waals surface area contributed by atoms with E-state index in [1.807, 2.05) is 21.6 Å². The fourth-order valence-electron chi connectivity index (χ4n) is 1.36. The Labute approximate surface area is 77.7 Å². The molecular weight excluding hydrogens is 174 g/mol. The van der Waals surface area contributed by atoms with Crippen LogP contribution in [0.2, 0.25) is 0 Å². The van der Waals surface area contributed by atoms with Gasteiger partial charge < -0.3 is 4.90 Å². The van der Waals surface area contributed by atoms with E-state index < -0.39 is 0 Å². The van der Waals surface area contributed by atoms with E-state index in [2.05, 4.69) is 18.9 Å². The first-order chi connectivity index (χ1) is 5.33. The van der Waals surface area contributed by atoms with Crippen LogP contribution in [0.3, 0.4) is 0 Å². The molecule has 0 amide bonds. The van der Waals surface area contributed by atoms with Gasteiger partial charge in [0, 0.05) is 18.1 Å². The zero-order valence-electron chi connectivity index (χ0n) is 7.38. The van der Waals surface area contributed by atoms with E-state index in [1.165, 1.54) is 31.0 Å². The second-order valence-corrected chi connectivity index (χ2v) is 5.75. The van der Waals surface area contributed by atoms with Crippen LogP contribution in [0.25, 0.3) is 0 Å². The molecule has 1 heterocycles. The van der Waals surface area contributed by atoms with E-state index in [-0.39, 0.29) is 0 Å². The van der Waals surface area contributed by atoms with Crippen LogP contribution < -0.4 is 0 Å². The maximum absolute atomic E-state index is 2.46. The second kappa shape index (κ2) is 5.33. The van der Waals surface area contributed by atoms with Crippen LogP contribution in [-0.2, 0) is 0 Å². The number of nitrogens with zero attached hydrogens (tertiary/aromatic N) is 1. The van der Waals surface area contributed by atoms with E-state index in [9.17, 15) is 0 Å². The van der Waals surface area contributed by atoms with Crippen molar-refractivity contribution in [2.45, 2.75) is 13.3 Å². The summed E-state index contributed by atoms with van der Waals surface area (Å²) in [5.74, 6) is 3.67. The summed E-state index contributed by atoms with van der Waals surface area (Å²) in [6.07, 6.45) is 1.28. The molecule has 0 aromatic carbocycles. The Morgan fingerprint density at radius 1 is 1.36 bits per heavy atom. The highest BCUT2D eigenvalue weighted by Crippen LogP contribution is 2.34. The molecule has 1 saturated heterocycles. The maximum Gasteiger partial charge on any atom is 0.00857 e. The average molecular weight is 191 g/mol. The summed E-state index contributed by atoms with van der Waals surface area (Å²) in [5.41, 5.74) is 0.